The molecule has 1 aromatic carbocycles. The largest absolute Gasteiger partial charge is 0.382 e. The van der Waals surface area contributed by atoms with Gasteiger partial charge in [0.05, 0.1) is 17.7 Å². The molecule has 0 spiro atoms. The van der Waals surface area contributed by atoms with Crippen molar-refractivity contribution in [3.8, 4) is 0 Å². The first-order valence-electron chi connectivity index (χ1n) is 5.14. The summed E-state index contributed by atoms with van der Waals surface area (Å²) in [7, 11) is 0. The summed E-state index contributed by atoms with van der Waals surface area (Å²) >= 11 is 5.59. The lowest BCUT2D eigenvalue weighted by atomic mass is 10.2. The van der Waals surface area contributed by atoms with Gasteiger partial charge in [-0.05, 0) is 24.6 Å². The van der Waals surface area contributed by atoms with Crippen molar-refractivity contribution < 1.29 is 13.9 Å². The molecule has 0 amide bonds. The predicted molar refractivity (Wildman–Crippen MR) is 60.2 cm³/mol. The molecule has 1 saturated heterocycles. The van der Waals surface area contributed by atoms with Gasteiger partial charge in [-0.15, -0.1) is 0 Å². The predicted octanol–water partition coefficient (Wildman–Crippen LogP) is 2.65. The fraction of sp³-hybridized carbons (Fsp3) is 0.455. The average molecular weight is 246 g/mol. The van der Waals surface area contributed by atoms with E-state index in [0.717, 1.165) is 6.42 Å². The fourth-order valence-corrected chi connectivity index (χ4v) is 1.62. The molecule has 1 aromatic rings. The number of halogens is 2. The standard InChI is InChI=1S/C11H13ClFNO2/c12-10-2-1-8(5-11(10)13)14-6-9-3-4-15-7-16-9/h1-2,5,9,14H,3-4,6-7H2. The van der Waals surface area contributed by atoms with Crippen LogP contribution in [0.3, 0.4) is 0 Å². The van der Waals surface area contributed by atoms with Crippen LogP contribution in [-0.4, -0.2) is 26.0 Å². The topological polar surface area (TPSA) is 30.5 Å². The van der Waals surface area contributed by atoms with Crippen LogP contribution >= 0.6 is 11.6 Å². The number of hydrogen-bond donors (Lipinski definition) is 1. The highest BCUT2D eigenvalue weighted by Gasteiger charge is 2.13. The SMILES string of the molecule is Fc1cc(NCC2CCOCO2)ccc1Cl. The maximum atomic E-state index is 13.1. The normalized spacial score (nSPS) is 20.8. The van der Waals surface area contributed by atoms with Gasteiger partial charge in [0, 0.05) is 12.2 Å². The van der Waals surface area contributed by atoms with Gasteiger partial charge in [-0.3, -0.25) is 0 Å². The Morgan fingerprint density at radius 3 is 3.06 bits per heavy atom. The summed E-state index contributed by atoms with van der Waals surface area (Å²) < 4.78 is 23.5. The van der Waals surface area contributed by atoms with Gasteiger partial charge in [-0.1, -0.05) is 11.6 Å². The molecule has 0 bridgehead atoms. The second-order valence-corrected chi connectivity index (χ2v) is 4.02. The molecular formula is C11H13ClFNO2. The fourth-order valence-electron chi connectivity index (χ4n) is 1.50. The quantitative estimate of drug-likeness (QED) is 0.888. The van der Waals surface area contributed by atoms with Crippen molar-refractivity contribution in [1.82, 2.24) is 0 Å². The van der Waals surface area contributed by atoms with E-state index in [-0.39, 0.29) is 11.1 Å². The number of benzene rings is 1. The van der Waals surface area contributed by atoms with E-state index < -0.39 is 5.82 Å². The van der Waals surface area contributed by atoms with Gasteiger partial charge in [0.25, 0.3) is 0 Å². The van der Waals surface area contributed by atoms with Crippen molar-refractivity contribution in [2.45, 2.75) is 12.5 Å². The Bertz CT molecular complexity index is 356. The molecule has 0 radical (unpaired) electrons. The minimum atomic E-state index is -0.417. The maximum absolute atomic E-state index is 13.1. The van der Waals surface area contributed by atoms with E-state index in [0.29, 0.717) is 25.6 Å². The Balaban J connectivity index is 1.86. The van der Waals surface area contributed by atoms with Crippen LogP contribution in [0.4, 0.5) is 10.1 Å². The number of nitrogens with one attached hydrogen (secondary N) is 1. The lowest BCUT2D eigenvalue weighted by Gasteiger charge is -2.23. The number of rotatable bonds is 3. The van der Waals surface area contributed by atoms with Gasteiger partial charge < -0.3 is 14.8 Å². The summed E-state index contributed by atoms with van der Waals surface area (Å²) in [5.74, 6) is -0.417. The molecule has 1 unspecified atom stereocenters. The van der Waals surface area contributed by atoms with Gasteiger partial charge in [-0.2, -0.15) is 0 Å². The third-order valence-corrected chi connectivity index (χ3v) is 2.73. The van der Waals surface area contributed by atoms with Crippen molar-refractivity contribution in [2.24, 2.45) is 0 Å². The highest BCUT2D eigenvalue weighted by molar-refractivity contribution is 6.30. The van der Waals surface area contributed by atoms with E-state index in [4.69, 9.17) is 21.1 Å². The molecule has 1 aliphatic rings. The highest BCUT2D eigenvalue weighted by Crippen LogP contribution is 2.19. The van der Waals surface area contributed by atoms with Gasteiger partial charge in [0.2, 0.25) is 0 Å². The van der Waals surface area contributed by atoms with E-state index in [1.807, 2.05) is 0 Å². The summed E-state index contributed by atoms with van der Waals surface area (Å²) in [6, 6.07) is 4.65. The smallest absolute Gasteiger partial charge is 0.147 e. The van der Waals surface area contributed by atoms with Crippen LogP contribution < -0.4 is 5.32 Å². The molecule has 0 saturated carbocycles. The van der Waals surface area contributed by atoms with Crippen LogP contribution in [0.1, 0.15) is 6.42 Å². The number of ether oxygens (including phenoxy) is 2. The summed E-state index contributed by atoms with van der Waals surface area (Å²) in [5.41, 5.74) is 0.706. The van der Waals surface area contributed by atoms with Crippen molar-refractivity contribution in [2.75, 3.05) is 25.3 Å². The molecule has 0 aromatic heterocycles. The Morgan fingerprint density at radius 2 is 2.38 bits per heavy atom. The van der Waals surface area contributed by atoms with Crippen molar-refractivity contribution in [3.05, 3.63) is 29.0 Å². The molecule has 3 nitrogen and oxygen atoms in total. The molecule has 5 heteroatoms. The lowest BCUT2D eigenvalue weighted by Crippen LogP contribution is -2.30. The van der Waals surface area contributed by atoms with Crippen molar-refractivity contribution >= 4 is 17.3 Å². The Hall–Kier alpha value is -0.840. The van der Waals surface area contributed by atoms with Crippen LogP contribution in [0.5, 0.6) is 0 Å². The van der Waals surface area contributed by atoms with E-state index in [2.05, 4.69) is 5.32 Å². The molecule has 1 aliphatic heterocycles. The summed E-state index contributed by atoms with van der Waals surface area (Å²) in [6.45, 7) is 1.69. The number of anilines is 1. The Morgan fingerprint density at radius 1 is 1.50 bits per heavy atom. The third kappa shape index (κ3) is 3.07. The maximum Gasteiger partial charge on any atom is 0.147 e. The van der Waals surface area contributed by atoms with Crippen molar-refractivity contribution in [3.63, 3.8) is 0 Å². The molecule has 1 heterocycles. The average Bonchev–Trinajstić information content (AvgIpc) is 2.32. The van der Waals surface area contributed by atoms with E-state index in [9.17, 15) is 4.39 Å². The lowest BCUT2D eigenvalue weighted by molar-refractivity contribution is -0.133. The van der Waals surface area contributed by atoms with Crippen LogP contribution in [0, 0.1) is 5.82 Å². The van der Waals surface area contributed by atoms with Crippen molar-refractivity contribution in [1.29, 1.82) is 0 Å². The first kappa shape index (κ1) is 11.6. The molecule has 0 aliphatic carbocycles. The monoisotopic (exact) mass is 245 g/mol. The molecule has 1 atom stereocenters. The number of hydrogen-bond acceptors (Lipinski definition) is 3. The Kier molecular flexibility index (Phi) is 3.98. The van der Waals surface area contributed by atoms with Gasteiger partial charge in [0.1, 0.15) is 12.6 Å². The van der Waals surface area contributed by atoms with E-state index in [1.54, 1.807) is 6.07 Å². The summed E-state index contributed by atoms with van der Waals surface area (Å²) in [6.07, 6.45) is 0.968. The van der Waals surface area contributed by atoms with Crippen LogP contribution in [-0.2, 0) is 9.47 Å². The zero-order valence-corrected chi connectivity index (χ0v) is 9.47. The second-order valence-electron chi connectivity index (χ2n) is 3.61. The zero-order chi connectivity index (χ0) is 11.4. The van der Waals surface area contributed by atoms with Gasteiger partial charge >= 0.3 is 0 Å². The minimum absolute atomic E-state index is 0.118. The molecule has 88 valence electrons. The van der Waals surface area contributed by atoms with E-state index in [1.165, 1.54) is 12.1 Å². The van der Waals surface area contributed by atoms with Gasteiger partial charge in [-0.25, -0.2) is 4.39 Å². The molecule has 1 N–H and O–H groups in total. The van der Waals surface area contributed by atoms with Crippen LogP contribution in [0.25, 0.3) is 0 Å². The van der Waals surface area contributed by atoms with Gasteiger partial charge in [0.15, 0.2) is 0 Å². The first-order chi connectivity index (χ1) is 7.75. The summed E-state index contributed by atoms with van der Waals surface area (Å²) in [5, 5.41) is 3.24. The Labute approximate surface area is 98.5 Å². The summed E-state index contributed by atoms with van der Waals surface area (Å²) in [4.78, 5) is 0. The third-order valence-electron chi connectivity index (χ3n) is 2.42. The van der Waals surface area contributed by atoms with E-state index >= 15 is 0 Å². The zero-order valence-electron chi connectivity index (χ0n) is 8.71. The molecule has 1 fully saturated rings. The highest BCUT2D eigenvalue weighted by atomic mass is 35.5. The molecule has 2 rings (SSSR count). The molecule has 16 heavy (non-hydrogen) atoms. The van der Waals surface area contributed by atoms with Crippen LogP contribution in [0.15, 0.2) is 18.2 Å². The van der Waals surface area contributed by atoms with Crippen LogP contribution in [0.2, 0.25) is 5.02 Å². The minimum Gasteiger partial charge on any atom is -0.382 e. The molecular weight excluding hydrogens is 233 g/mol. The second kappa shape index (κ2) is 5.48. The first-order valence-corrected chi connectivity index (χ1v) is 5.52.